The molecule has 0 saturated heterocycles. The summed E-state index contributed by atoms with van der Waals surface area (Å²) in [5.41, 5.74) is 2.51. The molecule has 5 rings (SSSR count). The fourth-order valence-corrected chi connectivity index (χ4v) is 5.37. The average molecular weight is 296 g/mol. The summed E-state index contributed by atoms with van der Waals surface area (Å²) >= 11 is 0. The van der Waals surface area contributed by atoms with E-state index < -0.39 is 9.84 Å². The maximum atomic E-state index is 12.9. The number of fused-ring (bicyclic) bond motifs is 1. The topological polar surface area (TPSA) is 34.1 Å². The summed E-state index contributed by atoms with van der Waals surface area (Å²) in [6, 6.07) is 17.0. The second-order valence-electron chi connectivity index (χ2n) is 5.75. The maximum absolute atomic E-state index is 12.9. The van der Waals surface area contributed by atoms with Gasteiger partial charge in [0.25, 0.3) is 0 Å². The Balaban J connectivity index is 1.86. The number of hydrogen-bond donors (Lipinski definition) is 0. The molecule has 2 aromatic rings. The van der Waals surface area contributed by atoms with E-state index in [0.29, 0.717) is 9.80 Å². The molecule has 21 heavy (non-hydrogen) atoms. The standard InChI is InChI=1S/C18H16O2S/c19-21(20,14-6-2-1-3-7-14)18-12-13-10-11-17(18)16-9-5-4-8-15(13)16/h1-9,12-13,17H,10-11H2/t13-,17-/m0/s1. The molecule has 0 saturated carbocycles. The first-order valence-corrected chi connectivity index (χ1v) is 8.77. The Morgan fingerprint density at radius 2 is 1.48 bits per heavy atom. The highest BCUT2D eigenvalue weighted by atomic mass is 32.2. The second-order valence-corrected chi connectivity index (χ2v) is 7.70. The molecule has 0 aromatic heterocycles. The smallest absolute Gasteiger partial charge is 0.203 e. The molecule has 3 heteroatoms. The minimum Gasteiger partial charge on any atom is -0.219 e. The first-order chi connectivity index (χ1) is 10.2. The lowest BCUT2D eigenvalue weighted by molar-refractivity contribution is 0.532. The molecule has 0 spiro atoms. The highest BCUT2D eigenvalue weighted by molar-refractivity contribution is 7.95. The van der Waals surface area contributed by atoms with E-state index in [1.165, 1.54) is 11.1 Å². The van der Waals surface area contributed by atoms with Crippen molar-refractivity contribution in [2.45, 2.75) is 29.6 Å². The SMILES string of the molecule is O=S(=O)(C1=C[C@@H]2CC[C@H]1c1ccccc12)c1ccccc1. The largest absolute Gasteiger partial charge is 0.219 e. The number of sulfone groups is 1. The molecule has 106 valence electrons. The average Bonchev–Trinajstić information content (AvgIpc) is 2.56. The van der Waals surface area contributed by atoms with Gasteiger partial charge in [-0.15, -0.1) is 0 Å². The van der Waals surface area contributed by atoms with E-state index in [1.54, 1.807) is 24.3 Å². The molecule has 0 aliphatic heterocycles. The van der Waals surface area contributed by atoms with Gasteiger partial charge in [-0.1, -0.05) is 48.5 Å². The van der Waals surface area contributed by atoms with Gasteiger partial charge < -0.3 is 0 Å². The van der Waals surface area contributed by atoms with Crippen LogP contribution in [-0.2, 0) is 9.84 Å². The van der Waals surface area contributed by atoms with Crippen LogP contribution in [0.1, 0.15) is 35.8 Å². The van der Waals surface area contributed by atoms with Gasteiger partial charge in [0.2, 0.25) is 9.84 Å². The number of allylic oxidation sites excluding steroid dienone is 2. The number of benzene rings is 2. The molecule has 0 radical (unpaired) electrons. The Morgan fingerprint density at radius 1 is 0.810 bits per heavy atom. The molecule has 0 unspecified atom stereocenters. The zero-order chi connectivity index (χ0) is 14.4. The van der Waals surface area contributed by atoms with Crippen molar-refractivity contribution in [3.8, 4) is 0 Å². The van der Waals surface area contributed by atoms with E-state index in [9.17, 15) is 8.42 Å². The Labute approximate surface area is 125 Å². The number of rotatable bonds is 2. The van der Waals surface area contributed by atoms with Crippen LogP contribution >= 0.6 is 0 Å². The van der Waals surface area contributed by atoms with Crippen molar-refractivity contribution in [1.82, 2.24) is 0 Å². The van der Waals surface area contributed by atoms with Gasteiger partial charge in [-0.2, -0.15) is 0 Å². The summed E-state index contributed by atoms with van der Waals surface area (Å²) < 4.78 is 25.8. The third kappa shape index (κ3) is 1.88. The van der Waals surface area contributed by atoms with Gasteiger partial charge >= 0.3 is 0 Å². The Bertz CT molecular complexity index is 819. The van der Waals surface area contributed by atoms with Crippen LogP contribution in [0.3, 0.4) is 0 Å². The number of hydrogen-bond acceptors (Lipinski definition) is 2. The quantitative estimate of drug-likeness (QED) is 0.839. The second kappa shape index (κ2) is 4.57. The summed E-state index contributed by atoms with van der Waals surface area (Å²) in [4.78, 5) is 1.00. The van der Waals surface area contributed by atoms with E-state index in [1.807, 2.05) is 24.3 Å². The minimum absolute atomic E-state index is 0.0245. The van der Waals surface area contributed by atoms with Crippen LogP contribution in [0.5, 0.6) is 0 Å². The molecular formula is C18H16O2S. The highest BCUT2D eigenvalue weighted by Crippen LogP contribution is 2.51. The van der Waals surface area contributed by atoms with Crippen LogP contribution in [0.4, 0.5) is 0 Å². The molecule has 3 aliphatic carbocycles. The lowest BCUT2D eigenvalue weighted by Crippen LogP contribution is -2.25. The zero-order valence-corrected chi connectivity index (χ0v) is 12.4. The third-order valence-corrected chi connectivity index (χ3v) is 6.54. The van der Waals surface area contributed by atoms with Crippen LogP contribution in [0.15, 0.2) is 70.5 Å². The third-order valence-electron chi connectivity index (χ3n) is 4.61. The molecular weight excluding hydrogens is 280 g/mol. The van der Waals surface area contributed by atoms with Crippen LogP contribution in [0.2, 0.25) is 0 Å². The molecule has 0 heterocycles. The van der Waals surface area contributed by atoms with E-state index in [0.717, 1.165) is 12.8 Å². The van der Waals surface area contributed by atoms with Crippen molar-refractivity contribution >= 4 is 9.84 Å². The van der Waals surface area contributed by atoms with Crippen molar-refractivity contribution in [2.24, 2.45) is 0 Å². The molecule has 2 atom stereocenters. The monoisotopic (exact) mass is 296 g/mol. The highest BCUT2D eigenvalue weighted by Gasteiger charge is 2.39. The fourth-order valence-electron chi connectivity index (χ4n) is 3.62. The van der Waals surface area contributed by atoms with Gasteiger partial charge in [0.1, 0.15) is 0 Å². The first-order valence-electron chi connectivity index (χ1n) is 7.28. The summed E-state index contributed by atoms with van der Waals surface area (Å²) in [7, 11) is -3.37. The van der Waals surface area contributed by atoms with Crippen LogP contribution in [0, 0.1) is 0 Å². The van der Waals surface area contributed by atoms with E-state index in [4.69, 9.17) is 0 Å². The van der Waals surface area contributed by atoms with E-state index in [2.05, 4.69) is 12.1 Å². The fraction of sp³-hybridized carbons (Fsp3) is 0.222. The van der Waals surface area contributed by atoms with Crippen LogP contribution in [-0.4, -0.2) is 8.42 Å². The zero-order valence-electron chi connectivity index (χ0n) is 11.6. The Kier molecular flexibility index (Phi) is 2.79. The van der Waals surface area contributed by atoms with Crippen LogP contribution < -0.4 is 0 Å². The van der Waals surface area contributed by atoms with Gasteiger partial charge in [0.05, 0.1) is 9.80 Å². The molecule has 0 amide bonds. The Hall–Kier alpha value is -1.87. The predicted molar refractivity (Wildman–Crippen MR) is 82.9 cm³/mol. The lowest BCUT2D eigenvalue weighted by atomic mass is 9.71. The van der Waals surface area contributed by atoms with E-state index in [-0.39, 0.29) is 11.8 Å². The molecule has 0 fully saturated rings. The predicted octanol–water partition coefficient (Wildman–Crippen LogP) is 4.02. The van der Waals surface area contributed by atoms with Gasteiger partial charge in [-0.05, 0) is 36.1 Å². The lowest BCUT2D eigenvalue weighted by Gasteiger charge is -2.37. The molecule has 2 bridgehead atoms. The first kappa shape index (κ1) is 12.8. The van der Waals surface area contributed by atoms with Crippen molar-refractivity contribution in [1.29, 1.82) is 0 Å². The van der Waals surface area contributed by atoms with Crippen LogP contribution in [0.25, 0.3) is 0 Å². The van der Waals surface area contributed by atoms with Crippen molar-refractivity contribution < 1.29 is 8.42 Å². The molecule has 0 N–H and O–H groups in total. The Morgan fingerprint density at radius 3 is 2.24 bits per heavy atom. The summed E-state index contributed by atoms with van der Waals surface area (Å²) in [6.45, 7) is 0. The van der Waals surface area contributed by atoms with Gasteiger partial charge in [-0.25, -0.2) is 8.42 Å². The molecule has 3 aliphatic rings. The summed E-state index contributed by atoms with van der Waals surface area (Å²) in [5.74, 6) is 0.274. The normalized spacial score (nSPS) is 23.5. The van der Waals surface area contributed by atoms with Crippen molar-refractivity contribution in [2.75, 3.05) is 0 Å². The van der Waals surface area contributed by atoms with Gasteiger partial charge in [-0.3, -0.25) is 0 Å². The minimum atomic E-state index is -3.37. The summed E-state index contributed by atoms with van der Waals surface area (Å²) in [6.07, 6.45) is 3.97. The van der Waals surface area contributed by atoms with Gasteiger partial charge in [0, 0.05) is 11.8 Å². The van der Waals surface area contributed by atoms with E-state index >= 15 is 0 Å². The van der Waals surface area contributed by atoms with Crippen molar-refractivity contribution in [3.05, 3.63) is 76.7 Å². The summed E-state index contributed by atoms with van der Waals surface area (Å²) in [5, 5.41) is 0. The van der Waals surface area contributed by atoms with Gasteiger partial charge in [0.15, 0.2) is 0 Å². The molecule has 2 nitrogen and oxygen atoms in total. The van der Waals surface area contributed by atoms with Crippen molar-refractivity contribution in [3.63, 3.8) is 0 Å². The molecule has 2 aromatic carbocycles. The maximum Gasteiger partial charge on any atom is 0.203 e.